The molecule has 0 aromatic rings. The van der Waals surface area contributed by atoms with Gasteiger partial charge in [-0.1, -0.05) is 0 Å². The highest BCUT2D eigenvalue weighted by atomic mass is 35.5. The van der Waals surface area contributed by atoms with Crippen molar-refractivity contribution in [3.05, 3.63) is 0 Å². The lowest BCUT2D eigenvalue weighted by molar-refractivity contribution is 0.130. The highest BCUT2D eigenvalue weighted by molar-refractivity contribution is 5.85. The zero-order valence-corrected chi connectivity index (χ0v) is 7.93. The first-order chi connectivity index (χ1) is 5.24. The maximum absolute atomic E-state index is 10.5. The molecular formula is C7H15ClN2O2. The number of hydrogen-bond acceptors (Lipinski definition) is 2. The van der Waals surface area contributed by atoms with Gasteiger partial charge in [-0.3, -0.25) is 0 Å². The quantitative estimate of drug-likeness (QED) is 0.649. The molecule has 1 fully saturated rings. The Bertz CT molecular complexity index is 146. The Kier molecular flexibility index (Phi) is 5.01. The minimum absolute atomic E-state index is 0. The zero-order chi connectivity index (χ0) is 8.27. The predicted octanol–water partition coefficient (Wildman–Crippen LogP) is 0.770. The van der Waals surface area contributed by atoms with E-state index in [1.165, 1.54) is 4.90 Å². The van der Waals surface area contributed by atoms with Gasteiger partial charge in [0.05, 0.1) is 0 Å². The van der Waals surface area contributed by atoms with Gasteiger partial charge in [-0.05, 0) is 19.9 Å². The predicted molar refractivity (Wildman–Crippen MR) is 48.9 cm³/mol. The van der Waals surface area contributed by atoms with E-state index < -0.39 is 6.09 Å². The summed E-state index contributed by atoms with van der Waals surface area (Å²) in [5, 5.41) is 11.7. The van der Waals surface area contributed by atoms with E-state index in [0.717, 1.165) is 12.8 Å². The molecule has 0 saturated carbocycles. The van der Waals surface area contributed by atoms with Gasteiger partial charge in [0, 0.05) is 19.1 Å². The van der Waals surface area contributed by atoms with E-state index in [0.29, 0.717) is 19.1 Å². The smallest absolute Gasteiger partial charge is 0.407 e. The van der Waals surface area contributed by atoms with Crippen molar-refractivity contribution in [2.45, 2.75) is 18.9 Å². The van der Waals surface area contributed by atoms with Crippen LogP contribution in [0.3, 0.4) is 0 Å². The summed E-state index contributed by atoms with van der Waals surface area (Å²) in [7, 11) is 1.92. The lowest BCUT2D eigenvalue weighted by atomic mass is 10.1. The molecule has 0 aromatic heterocycles. The molecule has 0 radical (unpaired) electrons. The first kappa shape index (κ1) is 11.5. The number of halogens is 1. The Morgan fingerprint density at radius 3 is 2.33 bits per heavy atom. The molecule has 1 heterocycles. The van der Waals surface area contributed by atoms with E-state index >= 15 is 0 Å². The second-order valence-electron chi connectivity index (χ2n) is 2.83. The molecule has 0 bridgehead atoms. The molecule has 0 aromatic carbocycles. The third kappa shape index (κ3) is 2.87. The van der Waals surface area contributed by atoms with E-state index in [4.69, 9.17) is 5.11 Å². The number of carboxylic acid groups (broad SMARTS) is 1. The maximum atomic E-state index is 10.5. The van der Waals surface area contributed by atoms with Gasteiger partial charge in [0.2, 0.25) is 0 Å². The highest BCUT2D eigenvalue weighted by Crippen LogP contribution is 2.09. The van der Waals surface area contributed by atoms with Gasteiger partial charge < -0.3 is 15.3 Å². The van der Waals surface area contributed by atoms with Gasteiger partial charge in [0.1, 0.15) is 0 Å². The van der Waals surface area contributed by atoms with Gasteiger partial charge in [0.25, 0.3) is 0 Å². The number of carbonyl (C=O) groups is 1. The minimum atomic E-state index is -0.792. The van der Waals surface area contributed by atoms with E-state index in [9.17, 15) is 4.79 Å². The summed E-state index contributed by atoms with van der Waals surface area (Å²) < 4.78 is 0. The lowest BCUT2D eigenvalue weighted by Gasteiger charge is -2.29. The van der Waals surface area contributed by atoms with Crippen molar-refractivity contribution < 1.29 is 9.90 Å². The Balaban J connectivity index is 0.00000121. The Labute approximate surface area is 78.3 Å². The monoisotopic (exact) mass is 194 g/mol. The van der Waals surface area contributed by atoms with Crippen LogP contribution in [0.1, 0.15) is 12.8 Å². The van der Waals surface area contributed by atoms with Gasteiger partial charge in [-0.15, -0.1) is 12.4 Å². The van der Waals surface area contributed by atoms with E-state index in [1.807, 2.05) is 7.05 Å². The van der Waals surface area contributed by atoms with Crippen LogP contribution >= 0.6 is 12.4 Å². The fraction of sp³-hybridized carbons (Fsp3) is 0.857. The first-order valence-electron chi connectivity index (χ1n) is 3.89. The Hall–Kier alpha value is -0.480. The van der Waals surface area contributed by atoms with Crippen LogP contribution in [0.25, 0.3) is 0 Å². The summed E-state index contributed by atoms with van der Waals surface area (Å²) in [6, 6.07) is 0.505. The molecule has 4 nitrogen and oxygen atoms in total. The molecule has 1 saturated heterocycles. The SMILES string of the molecule is CNC1CCN(C(=O)O)CC1.Cl. The first-order valence-corrected chi connectivity index (χ1v) is 3.89. The largest absolute Gasteiger partial charge is 0.465 e. The molecule has 0 atom stereocenters. The van der Waals surface area contributed by atoms with Crippen LogP contribution in [-0.4, -0.2) is 42.3 Å². The molecule has 1 aliphatic heterocycles. The number of rotatable bonds is 1. The molecule has 12 heavy (non-hydrogen) atoms. The highest BCUT2D eigenvalue weighted by Gasteiger charge is 2.20. The molecular weight excluding hydrogens is 180 g/mol. The lowest BCUT2D eigenvalue weighted by Crippen LogP contribution is -2.43. The van der Waals surface area contributed by atoms with Crippen LogP contribution in [0.15, 0.2) is 0 Å². The van der Waals surface area contributed by atoms with E-state index in [1.54, 1.807) is 0 Å². The molecule has 0 aliphatic carbocycles. The number of piperidine rings is 1. The van der Waals surface area contributed by atoms with Gasteiger partial charge in [-0.25, -0.2) is 4.79 Å². The van der Waals surface area contributed by atoms with Crippen molar-refractivity contribution in [1.29, 1.82) is 0 Å². The summed E-state index contributed by atoms with van der Waals surface area (Å²) in [4.78, 5) is 11.9. The van der Waals surface area contributed by atoms with Crippen LogP contribution in [0.2, 0.25) is 0 Å². The molecule has 1 rings (SSSR count). The van der Waals surface area contributed by atoms with Crippen LogP contribution in [0.4, 0.5) is 4.79 Å². The van der Waals surface area contributed by atoms with Crippen molar-refractivity contribution in [2.24, 2.45) is 0 Å². The topological polar surface area (TPSA) is 52.6 Å². The number of amides is 1. The van der Waals surface area contributed by atoms with Crippen LogP contribution < -0.4 is 5.32 Å². The third-order valence-electron chi connectivity index (χ3n) is 2.17. The fourth-order valence-electron chi connectivity index (χ4n) is 1.36. The summed E-state index contributed by atoms with van der Waals surface area (Å²) in [6.45, 7) is 1.34. The Morgan fingerprint density at radius 2 is 2.00 bits per heavy atom. The van der Waals surface area contributed by atoms with Crippen molar-refractivity contribution in [3.8, 4) is 0 Å². The second-order valence-corrected chi connectivity index (χ2v) is 2.83. The number of nitrogens with zero attached hydrogens (tertiary/aromatic N) is 1. The number of likely N-dealkylation sites (tertiary alicyclic amines) is 1. The van der Waals surface area contributed by atoms with E-state index in [2.05, 4.69) is 5.32 Å². The Morgan fingerprint density at radius 1 is 1.50 bits per heavy atom. The van der Waals surface area contributed by atoms with Crippen molar-refractivity contribution >= 4 is 18.5 Å². The number of hydrogen-bond donors (Lipinski definition) is 2. The molecule has 72 valence electrons. The molecule has 0 unspecified atom stereocenters. The van der Waals surface area contributed by atoms with Crippen molar-refractivity contribution in [2.75, 3.05) is 20.1 Å². The second kappa shape index (κ2) is 5.22. The van der Waals surface area contributed by atoms with Gasteiger partial charge >= 0.3 is 6.09 Å². The third-order valence-corrected chi connectivity index (χ3v) is 2.17. The normalized spacial score (nSPS) is 18.6. The van der Waals surface area contributed by atoms with Gasteiger partial charge in [-0.2, -0.15) is 0 Å². The maximum Gasteiger partial charge on any atom is 0.407 e. The van der Waals surface area contributed by atoms with Crippen LogP contribution in [-0.2, 0) is 0 Å². The molecule has 5 heteroatoms. The van der Waals surface area contributed by atoms with Crippen LogP contribution in [0.5, 0.6) is 0 Å². The van der Waals surface area contributed by atoms with Crippen molar-refractivity contribution in [3.63, 3.8) is 0 Å². The standard InChI is InChI=1S/C7H14N2O2.ClH/c1-8-6-2-4-9(5-3-6)7(10)11;/h6,8H,2-5H2,1H3,(H,10,11);1H. The molecule has 2 N–H and O–H groups in total. The van der Waals surface area contributed by atoms with Crippen molar-refractivity contribution in [1.82, 2.24) is 10.2 Å². The molecule has 1 aliphatic rings. The minimum Gasteiger partial charge on any atom is -0.465 e. The summed E-state index contributed by atoms with van der Waals surface area (Å²) in [6.07, 6.45) is 1.07. The average Bonchev–Trinajstić information content (AvgIpc) is 2.05. The zero-order valence-electron chi connectivity index (χ0n) is 7.12. The summed E-state index contributed by atoms with van der Waals surface area (Å²) in [5.41, 5.74) is 0. The van der Waals surface area contributed by atoms with E-state index in [-0.39, 0.29) is 12.4 Å². The van der Waals surface area contributed by atoms with Gasteiger partial charge in [0.15, 0.2) is 0 Å². The van der Waals surface area contributed by atoms with Crippen LogP contribution in [0, 0.1) is 0 Å². The molecule has 1 amide bonds. The fourth-order valence-corrected chi connectivity index (χ4v) is 1.36. The summed E-state index contributed by atoms with van der Waals surface area (Å²) in [5.74, 6) is 0. The average molecular weight is 195 g/mol. The number of nitrogens with one attached hydrogen (secondary N) is 1. The molecule has 0 spiro atoms. The summed E-state index contributed by atoms with van der Waals surface area (Å²) >= 11 is 0.